The van der Waals surface area contributed by atoms with Crippen LogP contribution in [0.4, 0.5) is 5.69 Å². The van der Waals surface area contributed by atoms with Crippen LogP contribution in [-0.2, 0) is 7.05 Å². The summed E-state index contributed by atoms with van der Waals surface area (Å²) in [6.07, 6.45) is 7.95. The number of nitrogens with zero attached hydrogens (tertiary/aromatic N) is 4. The van der Waals surface area contributed by atoms with Gasteiger partial charge in [0.25, 0.3) is 0 Å². The van der Waals surface area contributed by atoms with E-state index in [1.165, 1.54) is 0 Å². The Kier molecular flexibility index (Phi) is 4.41. The number of para-hydroxylation sites is 1. The predicted octanol–water partition coefficient (Wildman–Crippen LogP) is 4.67. The lowest BCUT2D eigenvalue weighted by molar-refractivity contribution is -0.646. The second kappa shape index (κ2) is 7.22. The molecule has 0 aliphatic carbocycles. The number of allylic oxidation sites excluding steroid dienone is 2. The van der Waals surface area contributed by atoms with E-state index in [0.29, 0.717) is 5.89 Å². The monoisotopic (exact) mass is 399 g/mol. The summed E-state index contributed by atoms with van der Waals surface area (Å²) in [6.45, 7) is 0. The molecule has 0 unspecified atom stereocenters. The number of aryl methyl sites for hydroxylation is 1. The largest absolute Gasteiger partial charge is 0.411 e. The zero-order chi connectivity index (χ0) is 19.8. The molecular formula is C23H19N4OS+. The first-order chi connectivity index (χ1) is 14.2. The molecule has 0 fully saturated rings. The Balaban J connectivity index is 1.61. The lowest BCUT2D eigenvalue weighted by Gasteiger charge is -2.29. The third-order valence-corrected chi connectivity index (χ3v) is 5.91. The molecule has 5 rings (SSSR count). The highest BCUT2D eigenvalue weighted by Crippen LogP contribution is 2.41. The molecule has 4 aromatic rings. The Bertz CT molecular complexity index is 1260. The third kappa shape index (κ3) is 3.32. The van der Waals surface area contributed by atoms with E-state index in [4.69, 9.17) is 4.42 Å². The molecule has 1 aliphatic rings. The van der Waals surface area contributed by atoms with Crippen molar-refractivity contribution in [3.05, 3.63) is 89.6 Å². The molecule has 0 saturated heterocycles. The average Bonchev–Trinajstić information content (AvgIpc) is 3.16. The maximum atomic E-state index is 5.98. The summed E-state index contributed by atoms with van der Waals surface area (Å²) in [4.78, 5) is 11.3. The van der Waals surface area contributed by atoms with Gasteiger partial charge >= 0.3 is 11.5 Å². The van der Waals surface area contributed by atoms with Gasteiger partial charge in [-0.05, 0) is 42.0 Å². The Morgan fingerprint density at radius 3 is 2.76 bits per heavy atom. The van der Waals surface area contributed by atoms with Gasteiger partial charge in [0.2, 0.25) is 5.58 Å². The summed E-state index contributed by atoms with van der Waals surface area (Å²) in [6, 6.07) is 18.2. The molecule has 5 nitrogen and oxygen atoms in total. The van der Waals surface area contributed by atoms with E-state index in [9.17, 15) is 0 Å². The maximum absolute atomic E-state index is 5.98. The molecule has 0 amide bonds. The second-order valence-electron chi connectivity index (χ2n) is 6.79. The van der Waals surface area contributed by atoms with Gasteiger partial charge in [0, 0.05) is 35.6 Å². The number of hydrogen-bond acceptors (Lipinski definition) is 5. The van der Waals surface area contributed by atoms with E-state index in [1.807, 2.05) is 60.4 Å². The molecule has 0 bridgehead atoms. The predicted molar refractivity (Wildman–Crippen MR) is 116 cm³/mol. The minimum Gasteiger partial charge on any atom is -0.411 e. The van der Waals surface area contributed by atoms with Gasteiger partial charge in [-0.1, -0.05) is 36.0 Å². The smallest absolute Gasteiger partial charge is 0.370 e. The minimum absolute atomic E-state index is 0.592. The number of benzene rings is 1. The van der Waals surface area contributed by atoms with Crippen molar-refractivity contribution in [1.82, 2.24) is 9.97 Å². The fourth-order valence-electron chi connectivity index (χ4n) is 3.40. The van der Waals surface area contributed by atoms with E-state index in [-0.39, 0.29) is 0 Å². The van der Waals surface area contributed by atoms with Gasteiger partial charge in [0.1, 0.15) is 5.03 Å². The lowest BCUT2D eigenvalue weighted by atomic mass is 10.00. The standard InChI is InChI=1S/C23H19N4OS/c1-26-13-7-10-19-23(26)25-20(28-19)14-16-15-22(29-21-11-5-6-12-24-21)27(2)18-9-4-3-8-17(16)18/h3-15H,1-2H3/q+1. The fraction of sp³-hybridized carbons (Fsp3) is 0.0870. The minimum atomic E-state index is 0.592. The number of oxazole rings is 1. The summed E-state index contributed by atoms with van der Waals surface area (Å²) in [5.74, 6) is 0.592. The van der Waals surface area contributed by atoms with Gasteiger partial charge in [-0.25, -0.2) is 9.55 Å². The highest BCUT2D eigenvalue weighted by Gasteiger charge is 2.23. The molecule has 0 radical (unpaired) electrons. The quantitative estimate of drug-likeness (QED) is 0.469. The Morgan fingerprint density at radius 2 is 1.93 bits per heavy atom. The van der Waals surface area contributed by atoms with E-state index >= 15 is 0 Å². The van der Waals surface area contributed by atoms with Crippen molar-refractivity contribution in [3.8, 4) is 0 Å². The normalized spacial score (nSPS) is 14.9. The number of anilines is 1. The second-order valence-corrected chi connectivity index (χ2v) is 7.83. The number of fused-ring (bicyclic) bond motifs is 2. The number of pyridine rings is 2. The van der Waals surface area contributed by atoms with Crippen LogP contribution >= 0.6 is 11.8 Å². The molecular weight excluding hydrogens is 380 g/mol. The first kappa shape index (κ1) is 17.7. The highest BCUT2D eigenvalue weighted by molar-refractivity contribution is 8.03. The number of hydrogen-bond donors (Lipinski definition) is 0. The highest BCUT2D eigenvalue weighted by atomic mass is 32.2. The fourth-order valence-corrected chi connectivity index (χ4v) is 4.29. The van der Waals surface area contributed by atoms with Crippen molar-refractivity contribution in [2.24, 2.45) is 7.05 Å². The molecule has 4 heterocycles. The Labute approximate surface area is 173 Å². The van der Waals surface area contributed by atoms with Gasteiger partial charge in [0.05, 0.1) is 18.3 Å². The van der Waals surface area contributed by atoms with E-state index in [1.54, 1.807) is 11.8 Å². The molecule has 142 valence electrons. The topological polar surface area (TPSA) is 46.0 Å². The van der Waals surface area contributed by atoms with Crippen LogP contribution in [0.1, 0.15) is 11.5 Å². The van der Waals surface area contributed by atoms with Crippen LogP contribution in [0.2, 0.25) is 0 Å². The van der Waals surface area contributed by atoms with Crippen LogP contribution < -0.4 is 9.47 Å². The molecule has 0 spiro atoms. The molecule has 0 saturated carbocycles. The van der Waals surface area contributed by atoms with E-state index < -0.39 is 0 Å². The molecule has 6 heteroatoms. The third-order valence-electron chi connectivity index (χ3n) is 4.85. The number of aromatic nitrogens is 3. The lowest BCUT2D eigenvalue weighted by Crippen LogP contribution is -2.28. The summed E-state index contributed by atoms with van der Waals surface area (Å²) in [7, 11) is 4.05. The Morgan fingerprint density at radius 1 is 1.07 bits per heavy atom. The van der Waals surface area contributed by atoms with E-state index in [0.717, 1.165) is 38.1 Å². The van der Waals surface area contributed by atoms with Crippen molar-refractivity contribution in [2.45, 2.75) is 5.03 Å². The van der Waals surface area contributed by atoms with Crippen molar-refractivity contribution >= 4 is 40.3 Å². The van der Waals surface area contributed by atoms with Crippen molar-refractivity contribution in [1.29, 1.82) is 0 Å². The van der Waals surface area contributed by atoms with Gasteiger partial charge in [-0.15, -0.1) is 0 Å². The van der Waals surface area contributed by atoms with Crippen molar-refractivity contribution in [3.63, 3.8) is 0 Å². The van der Waals surface area contributed by atoms with Crippen LogP contribution in [0, 0.1) is 0 Å². The zero-order valence-corrected chi connectivity index (χ0v) is 16.9. The van der Waals surface area contributed by atoms with Crippen LogP contribution in [-0.4, -0.2) is 17.0 Å². The van der Waals surface area contributed by atoms with E-state index in [2.05, 4.69) is 52.3 Å². The zero-order valence-electron chi connectivity index (χ0n) is 16.1. The number of rotatable bonds is 3. The van der Waals surface area contributed by atoms with Gasteiger partial charge in [-0.3, -0.25) is 0 Å². The van der Waals surface area contributed by atoms with Crippen LogP contribution in [0.15, 0.2) is 87.5 Å². The summed E-state index contributed by atoms with van der Waals surface area (Å²) in [5, 5.41) is 2.05. The molecule has 0 N–H and O–H groups in total. The van der Waals surface area contributed by atoms with Crippen molar-refractivity contribution in [2.75, 3.05) is 11.9 Å². The first-order valence-corrected chi connectivity index (χ1v) is 10.1. The van der Waals surface area contributed by atoms with Crippen LogP contribution in [0.5, 0.6) is 0 Å². The van der Waals surface area contributed by atoms with Crippen LogP contribution in [0.25, 0.3) is 22.9 Å². The number of thioether (sulfide) groups is 1. The van der Waals surface area contributed by atoms with Crippen LogP contribution in [0.3, 0.4) is 0 Å². The summed E-state index contributed by atoms with van der Waals surface area (Å²) >= 11 is 1.64. The van der Waals surface area contributed by atoms with Crippen molar-refractivity contribution < 1.29 is 8.98 Å². The summed E-state index contributed by atoms with van der Waals surface area (Å²) < 4.78 is 7.94. The van der Waals surface area contributed by atoms with Gasteiger partial charge in [-0.2, -0.15) is 0 Å². The van der Waals surface area contributed by atoms with Gasteiger partial charge < -0.3 is 9.32 Å². The molecule has 1 aromatic carbocycles. The maximum Gasteiger partial charge on any atom is 0.370 e. The SMILES string of the molecule is CN1C(Sc2ccccn2)=C/C(=C\c2nc3c(ccc[n+]3C)o2)c2ccccc21. The molecule has 3 aromatic heterocycles. The Hall–Kier alpha value is -3.38. The van der Waals surface area contributed by atoms with Gasteiger partial charge in [0.15, 0.2) is 0 Å². The molecule has 0 atom stereocenters. The molecule has 1 aliphatic heterocycles. The average molecular weight is 399 g/mol. The molecule has 29 heavy (non-hydrogen) atoms. The summed E-state index contributed by atoms with van der Waals surface area (Å²) in [5.41, 5.74) is 4.95. The first-order valence-electron chi connectivity index (χ1n) is 9.30.